The maximum absolute atomic E-state index is 13.1. The van der Waals surface area contributed by atoms with Crippen LogP contribution in [0, 0.1) is 5.82 Å². The molecule has 2 N–H and O–H groups in total. The first-order chi connectivity index (χ1) is 13.9. The van der Waals surface area contributed by atoms with Crippen LogP contribution in [0.15, 0.2) is 65.8 Å². The zero-order chi connectivity index (χ0) is 20.4. The molecule has 148 valence electrons. The van der Waals surface area contributed by atoms with Crippen LogP contribution in [0.4, 0.5) is 16.0 Å². The Hall–Kier alpha value is -3.53. The summed E-state index contributed by atoms with van der Waals surface area (Å²) in [6.45, 7) is 0.314. The SMILES string of the molecule is Cn1cc(S(=O)(=O)Nc2nc3ccccc3nc2NCc2ccc(F)cc2)cn1. The number of para-hydroxylation sites is 2. The summed E-state index contributed by atoms with van der Waals surface area (Å²) in [5.74, 6) is -0.000628. The van der Waals surface area contributed by atoms with E-state index in [1.807, 2.05) is 6.07 Å². The molecule has 0 spiro atoms. The van der Waals surface area contributed by atoms with Gasteiger partial charge in [0.25, 0.3) is 10.0 Å². The molecule has 4 rings (SSSR count). The zero-order valence-electron chi connectivity index (χ0n) is 15.4. The van der Waals surface area contributed by atoms with Gasteiger partial charge in [-0.1, -0.05) is 24.3 Å². The van der Waals surface area contributed by atoms with Crippen LogP contribution in [0.2, 0.25) is 0 Å². The molecule has 4 aromatic rings. The number of nitrogens with zero attached hydrogens (tertiary/aromatic N) is 4. The van der Waals surface area contributed by atoms with Crippen LogP contribution < -0.4 is 10.0 Å². The van der Waals surface area contributed by atoms with E-state index in [1.54, 1.807) is 37.4 Å². The third-order valence-electron chi connectivity index (χ3n) is 4.17. The molecule has 10 heteroatoms. The smallest absolute Gasteiger partial charge is 0.266 e. The molecule has 0 bridgehead atoms. The average Bonchev–Trinajstić information content (AvgIpc) is 3.15. The van der Waals surface area contributed by atoms with Gasteiger partial charge in [0, 0.05) is 19.8 Å². The Morgan fingerprint density at radius 1 is 1.00 bits per heavy atom. The number of halogens is 1. The molecule has 0 unspecified atom stereocenters. The van der Waals surface area contributed by atoms with E-state index in [9.17, 15) is 12.8 Å². The highest BCUT2D eigenvalue weighted by molar-refractivity contribution is 7.92. The quantitative estimate of drug-likeness (QED) is 0.505. The number of nitrogens with one attached hydrogen (secondary N) is 2. The lowest BCUT2D eigenvalue weighted by molar-refractivity contribution is 0.601. The molecule has 2 heterocycles. The highest BCUT2D eigenvalue weighted by Gasteiger charge is 2.20. The second-order valence-corrected chi connectivity index (χ2v) is 8.03. The lowest BCUT2D eigenvalue weighted by Crippen LogP contribution is -2.16. The van der Waals surface area contributed by atoms with Crippen molar-refractivity contribution in [3.8, 4) is 0 Å². The standard InChI is InChI=1S/C19H17FN6O2S/c1-26-12-15(11-22-26)29(27,28)25-19-18(21-10-13-6-8-14(20)9-7-13)23-16-4-2-3-5-17(16)24-19/h2-9,11-12H,10H2,1H3,(H,21,23)(H,24,25). The van der Waals surface area contributed by atoms with E-state index < -0.39 is 10.0 Å². The monoisotopic (exact) mass is 412 g/mol. The second kappa shape index (κ2) is 7.47. The summed E-state index contributed by atoms with van der Waals surface area (Å²) in [7, 11) is -2.27. The minimum atomic E-state index is -3.90. The predicted octanol–water partition coefficient (Wildman–Crippen LogP) is 2.92. The van der Waals surface area contributed by atoms with Gasteiger partial charge >= 0.3 is 0 Å². The van der Waals surface area contributed by atoms with Gasteiger partial charge in [-0.3, -0.25) is 9.40 Å². The molecular weight excluding hydrogens is 395 g/mol. The van der Waals surface area contributed by atoms with E-state index in [4.69, 9.17) is 0 Å². The summed E-state index contributed by atoms with van der Waals surface area (Å²) >= 11 is 0. The Bertz CT molecular complexity index is 1270. The van der Waals surface area contributed by atoms with Gasteiger partial charge in [0.1, 0.15) is 10.7 Å². The van der Waals surface area contributed by atoms with Crippen LogP contribution in [-0.2, 0) is 23.6 Å². The molecular formula is C19H17FN6O2S. The van der Waals surface area contributed by atoms with Crippen LogP contribution in [-0.4, -0.2) is 28.2 Å². The first-order valence-electron chi connectivity index (χ1n) is 8.67. The van der Waals surface area contributed by atoms with Crippen molar-refractivity contribution in [1.82, 2.24) is 19.7 Å². The van der Waals surface area contributed by atoms with Gasteiger partial charge < -0.3 is 5.32 Å². The summed E-state index contributed by atoms with van der Waals surface area (Å²) in [4.78, 5) is 8.93. The normalized spacial score (nSPS) is 11.5. The molecule has 0 saturated heterocycles. The number of benzene rings is 2. The minimum absolute atomic E-state index is 0.0134. The van der Waals surface area contributed by atoms with Gasteiger partial charge in [-0.05, 0) is 29.8 Å². The molecule has 0 saturated carbocycles. The van der Waals surface area contributed by atoms with Crippen molar-refractivity contribution in [3.05, 3.63) is 72.3 Å². The zero-order valence-corrected chi connectivity index (χ0v) is 16.2. The molecule has 0 atom stereocenters. The number of aromatic nitrogens is 4. The van der Waals surface area contributed by atoms with E-state index in [-0.39, 0.29) is 22.3 Å². The largest absolute Gasteiger partial charge is 0.363 e. The van der Waals surface area contributed by atoms with Gasteiger partial charge in [-0.15, -0.1) is 0 Å². The molecule has 0 amide bonds. The maximum Gasteiger partial charge on any atom is 0.266 e. The Morgan fingerprint density at radius 3 is 2.28 bits per heavy atom. The fraction of sp³-hybridized carbons (Fsp3) is 0.105. The van der Waals surface area contributed by atoms with Crippen LogP contribution in [0.5, 0.6) is 0 Å². The number of fused-ring (bicyclic) bond motifs is 1. The Morgan fingerprint density at radius 2 is 1.66 bits per heavy atom. The van der Waals surface area contributed by atoms with E-state index >= 15 is 0 Å². The van der Waals surface area contributed by atoms with E-state index in [0.29, 0.717) is 17.6 Å². The fourth-order valence-electron chi connectivity index (χ4n) is 2.71. The van der Waals surface area contributed by atoms with E-state index in [2.05, 4.69) is 25.1 Å². The number of anilines is 2. The van der Waals surface area contributed by atoms with Gasteiger partial charge in [-0.2, -0.15) is 5.10 Å². The van der Waals surface area contributed by atoms with Crippen LogP contribution in [0.1, 0.15) is 5.56 Å². The summed E-state index contributed by atoms with van der Waals surface area (Å²) < 4.78 is 42.4. The number of rotatable bonds is 6. The van der Waals surface area contributed by atoms with Crippen molar-refractivity contribution in [2.24, 2.45) is 7.05 Å². The lowest BCUT2D eigenvalue weighted by atomic mass is 10.2. The predicted molar refractivity (Wildman–Crippen MR) is 107 cm³/mol. The Labute approximate surface area is 166 Å². The number of hydrogen-bond acceptors (Lipinski definition) is 6. The molecule has 2 aromatic carbocycles. The lowest BCUT2D eigenvalue weighted by Gasteiger charge is -2.13. The van der Waals surface area contributed by atoms with Gasteiger partial charge in [0.15, 0.2) is 11.6 Å². The third-order valence-corrected chi connectivity index (χ3v) is 5.46. The second-order valence-electron chi connectivity index (χ2n) is 6.34. The van der Waals surface area contributed by atoms with Crippen LogP contribution >= 0.6 is 0 Å². The Balaban J connectivity index is 1.69. The number of sulfonamides is 1. The average molecular weight is 412 g/mol. The van der Waals surface area contributed by atoms with Crippen molar-refractivity contribution >= 4 is 32.7 Å². The van der Waals surface area contributed by atoms with Crippen molar-refractivity contribution in [3.63, 3.8) is 0 Å². The molecule has 0 aliphatic rings. The topological polar surface area (TPSA) is 102 Å². The van der Waals surface area contributed by atoms with Gasteiger partial charge in [0.05, 0.1) is 17.2 Å². The van der Waals surface area contributed by atoms with Crippen molar-refractivity contribution in [1.29, 1.82) is 0 Å². The highest BCUT2D eigenvalue weighted by Crippen LogP contribution is 2.24. The van der Waals surface area contributed by atoms with Gasteiger partial charge in [0.2, 0.25) is 0 Å². The first kappa shape index (κ1) is 18.8. The summed E-state index contributed by atoms with van der Waals surface area (Å²) in [5.41, 5.74) is 1.96. The molecule has 2 aromatic heterocycles. The molecule has 0 aliphatic carbocycles. The van der Waals surface area contributed by atoms with E-state index in [1.165, 1.54) is 29.2 Å². The first-order valence-corrected chi connectivity index (χ1v) is 10.2. The van der Waals surface area contributed by atoms with Gasteiger partial charge in [-0.25, -0.2) is 22.8 Å². The van der Waals surface area contributed by atoms with Crippen LogP contribution in [0.3, 0.4) is 0 Å². The molecule has 0 aliphatic heterocycles. The third kappa shape index (κ3) is 4.16. The fourth-order valence-corrected chi connectivity index (χ4v) is 3.70. The van der Waals surface area contributed by atoms with Crippen molar-refractivity contribution < 1.29 is 12.8 Å². The molecule has 0 fully saturated rings. The Kier molecular flexibility index (Phi) is 4.85. The number of hydrogen-bond donors (Lipinski definition) is 2. The van der Waals surface area contributed by atoms with Crippen molar-refractivity contribution in [2.45, 2.75) is 11.4 Å². The molecule has 8 nitrogen and oxygen atoms in total. The summed E-state index contributed by atoms with van der Waals surface area (Å²) in [6, 6.07) is 13.1. The number of aryl methyl sites for hydroxylation is 1. The van der Waals surface area contributed by atoms with Crippen LogP contribution in [0.25, 0.3) is 11.0 Å². The minimum Gasteiger partial charge on any atom is -0.363 e. The summed E-state index contributed by atoms with van der Waals surface area (Å²) in [5, 5.41) is 6.97. The highest BCUT2D eigenvalue weighted by atomic mass is 32.2. The molecule has 0 radical (unpaired) electrons. The van der Waals surface area contributed by atoms with Crippen molar-refractivity contribution in [2.75, 3.05) is 10.0 Å². The van der Waals surface area contributed by atoms with E-state index in [0.717, 1.165) is 5.56 Å². The summed E-state index contributed by atoms with van der Waals surface area (Å²) in [6.07, 6.45) is 2.64. The maximum atomic E-state index is 13.1. The molecule has 29 heavy (non-hydrogen) atoms.